The Hall–Kier alpha value is -4.24. The summed E-state index contributed by atoms with van der Waals surface area (Å²) < 4.78 is 13.1. The van der Waals surface area contributed by atoms with Crippen molar-refractivity contribution in [1.29, 1.82) is 0 Å². The molecule has 1 N–H and O–H groups in total. The molecule has 9 heteroatoms. The Balaban J connectivity index is 1.18. The summed E-state index contributed by atoms with van der Waals surface area (Å²) >= 11 is 0. The van der Waals surface area contributed by atoms with Crippen LogP contribution in [0.5, 0.6) is 5.88 Å². The number of anilines is 1. The predicted octanol–water partition coefficient (Wildman–Crippen LogP) is 3.36. The lowest BCUT2D eigenvalue weighted by molar-refractivity contribution is -0.136. The lowest BCUT2D eigenvalue weighted by atomic mass is 10.1. The van der Waals surface area contributed by atoms with Crippen molar-refractivity contribution < 1.29 is 14.3 Å². The maximum absolute atomic E-state index is 12.8. The van der Waals surface area contributed by atoms with Crippen LogP contribution in [0.1, 0.15) is 16.7 Å². The topological polar surface area (TPSA) is 94.4 Å². The number of hydrogen-bond donors (Lipinski definition) is 1. The second kappa shape index (κ2) is 11.0. The van der Waals surface area contributed by atoms with Gasteiger partial charge in [0.1, 0.15) is 13.2 Å². The van der Waals surface area contributed by atoms with Crippen LogP contribution in [0.2, 0.25) is 0 Å². The minimum Gasteiger partial charge on any atom is -0.471 e. The van der Waals surface area contributed by atoms with E-state index >= 15 is 0 Å². The number of benzene rings is 2. The highest BCUT2D eigenvalue weighted by atomic mass is 16.5. The molecule has 2 aromatic heterocycles. The van der Waals surface area contributed by atoms with Crippen LogP contribution in [0.3, 0.4) is 0 Å². The molecule has 0 atom stereocenters. The largest absolute Gasteiger partial charge is 0.471 e. The Bertz CT molecular complexity index is 1360. The average molecular weight is 511 g/mol. The first-order valence-electron chi connectivity index (χ1n) is 13.0. The number of hydrogen-bond acceptors (Lipinski definition) is 7. The van der Waals surface area contributed by atoms with Gasteiger partial charge in [-0.15, -0.1) is 5.10 Å². The van der Waals surface area contributed by atoms with Crippen molar-refractivity contribution in [2.45, 2.75) is 32.0 Å². The van der Waals surface area contributed by atoms with E-state index in [4.69, 9.17) is 9.47 Å². The Morgan fingerprint density at radius 3 is 2.37 bits per heavy atom. The molecule has 2 aromatic carbocycles. The van der Waals surface area contributed by atoms with Crippen LogP contribution in [0.4, 0.5) is 5.95 Å². The van der Waals surface area contributed by atoms with Gasteiger partial charge in [0, 0.05) is 43.3 Å². The SMILES string of the molecule is O=C(Cn1cc(-c2cnc(NC3Cc4ccccc4C3)nc2)c(OCc2ccccc2)n1)N1CCOCC1. The lowest BCUT2D eigenvalue weighted by Crippen LogP contribution is -2.42. The monoisotopic (exact) mass is 510 g/mol. The van der Waals surface area contributed by atoms with E-state index < -0.39 is 0 Å². The molecule has 9 nitrogen and oxygen atoms in total. The van der Waals surface area contributed by atoms with Crippen LogP contribution >= 0.6 is 0 Å². The van der Waals surface area contributed by atoms with Gasteiger partial charge in [-0.3, -0.25) is 9.48 Å². The lowest BCUT2D eigenvalue weighted by Gasteiger charge is -2.26. The fourth-order valence-corrected chi connectivity index (χ4v) is 4.95. The maximum atomic E-state index is 12.8. The fraction of sp³-hybridized carbons (Fsp3) is 0.310. The van der Waals surface area contributed by atoms with E-state index in [9.17, 15) is 4.79 Å². The molecule has 3 heterocycles. The van der Waals surface area contributed by atoms with Crippen LogP contribution in [0, 0.1) is 0 Å². The summed E-state index contributed by atoms with van der Waals surface area (Å²) in [6, 6.07) is 18.7. The molecule has 0 spiro atoms. The summed E-state index contributed by atoms with van der Waals surface area (Å²) in [6.07, 6.45) is 7.30. The molecule has 38 heavy (non-hydrogen) atoms. The minimum absolute atomic E-state index is 0.00492. The molecule has 0 radical (unpaired) electrons. The number of morpholine rings is 1. The molecule has 1 aliphatic heterocycles. The second-order valence-electron chi connectivity index (χ2n) is 9.63. The van der Waals surface area contributed by atoms with Crippen LogP contribution in [0.15, 0.2) is 73.2 Å². The number of carbonyl (C=O) groups excluding carboxylic acids is 1. The number of amides is 1. The van der Waals surface area contributed by atoms with Crippen molar-refractivity contribution in [3.05, 3.63) is 89.9 Å². The highest BCUT2D eigenvalue weighted by molar-refractivity contribution is 5.76. The number of nitrogens with zero attached hydrogens (tertiary/aromatic N) is 5. The third-order valence-electron chi connectivity index (χ3n) is 6.95. The number of carbonyl (C=O) groups is 1. The maximum Gasteiger partial charge on any atom is 0.244 e. The fourth-order valence-electron chi connectivity index (χ4n) is 4.95. The van der Waals surface area contributed by atoms with Crippen LogP contribution in [-0.4, -0.2) is 62.9 Å². The van der Waals surface area contributed by atoms with E-state index in [-0.39, 0.29) is 18.5 Å². The van der Waals surface area contributed by atoms with Gasteiger partial charge < -0.3 is 19.7 Å². The van der Waals surface area contributed by atoms with Crippen molar-refractivity contribution in [2.75, 3.05) is 31.6 Å². The summed E-state index contributed by atoms with van der Waals surface area (Å²) in [6.45, 7) is 2.81. The quantitative estimate of drug-likeness (QED) is 0.388. The summed E-state index contributed by atoms with van der Waals surface area (Å²) in [4.78, 5) is 23.8. The standard InChI is InChI=1S/C29H30N6O3/c36-27(34-10-12-37-13-11-34)19-35-18-26(28(33-35)38-20-21-6-2-1-3-7-21)24-16-30-29(31-17-24)32-25-14-22-8-4-5-9-23(22)15-25/h1-9,16-18,25H,10-15,19-20H2,(H,30,31,32). The van der Waals surface area contributed by atoms with Gasteiger partial charge in [0.2, 0.25) is 17.7 Å². The summed E-state index contributed by atoms with van der Waals surface area (Å²) in [7, 11) is 0. The van der Waals surface area contributed by atoms with Gasteiger partial charge in [-0.2, -0.15) is 0 Å². The van der Waals surface area contributed by atoms with Crippen molar-refractivity contribution in [2.24, 2.45) is 0 Å². The van der Waals surface area contributed by atoms with E-state index in [2.05, 4.69) is 44.6 Å². The third kappa shape index (κ3) is 5.52. The smallest absolute Gasteiger partial charge is 0.244 e. The zero-order valence-corrected chi connectivity index (χ0v) is 21.1. The first-order valence-corrected chi connectivity index (χ1v) is 13.0. The van der Waals surface area contributed by atoms with Crippen molar-refractivity contribution in [1.82, 2.24) is 24.6 Å². The molecule has 1 aliphatic carbocycles. The number of rotatable bonds is 8. The van der Waals surface area contributed by atoms with Crippen LogP contribution < -0.4 is 10.1 Å². The van der Waals surface area contributed by atoms with Gasteiger partial charge in [-0.25, -0.2) is 9.97 Å². The predicted molar refractivity (Wildman–Crippen MR) is 143 cm³/mol. The van der Waals surface area contributed by atoms with Gasteiger partial charge in [-0.05, 0) is 29.5 Å². The molecule has 2 aliphatic rings. The molecule has 194 valence electrons. The molecule has 6 rings (SSSR count). The Morgan fingerprint density at radius 1 is 0.974 bits per heavy atom. The number of fused-ring (bicyclic) bond motifs is 1. The van der Waals surface area contributed by atoms with E-state index in [1.807, 2.05) is 36.5 Å². The van der Waals surface area contributed by atoms with Crippen LogP contribution in [-0.2, 0) is 35.5 Å². The van der Waals surface area contributed by atoms with E-state index in [1.165, 1.54) is 11.1 Å². The summed E-state index contributed by atoms with van der Waals surface area (Å²) in [5.41, 5.74) is 5.31. The third-order valence-corrected chi connectivity index (χ3v) is 6.95. The van der Waals surface area contributed by atoms with Gasteiger partial charge in [0.15, 0.2) is 0 Å². The normalized spacial score (nSPS) is 15.3. The first-order chi connectivity index (χ1) is 18.7. The van der Waals surface area contributed by atoms with Gasteiger partial charge in [0.25, 0.3) is 0 Å². The van der Waals surface area contributed by atoms with Crippen LogP contribution in [0.25, 0.3) is 11.1 Å². The highest BCUT2D eigenvalue weighted by Crippen LogP contribution is 2.30. The molecule has 0 saturated carbocycles. The zero-order chi connectivity index (χ0) is 25.7. The number of aromatic nitrogens is 4. The Kier molecular flexibility index (Phi) is 6.99. The molecular formula is C29H30N6O3. The number of ether oxygens (including phenoxy) is 2. The van der Waals surface area contributed by atoms with E-state index in [1.54, 1.807) is 22.0 Å². The molecule has 0 unspecified atom stereocenters. The Morgan fingerprint density at radius 2 is 1.66 bits per heavy atom. The second-order valence-corrected chi connectivity index (χ2v) is 9.63. The molecule has 4 aromatic rings. The average Bonchev–Trinajstić information content (AvgIpc) is 3.56. The number of nitrogens with one attached hydrogen (secondary N) is 1. The molecular weight excluding hydrogens is 480 g/mol. The molecule has 1 saturated heterocycles. The van der Waals surface area contributed by atoms with Gasteiger partial charge >= 0.3 is 0 Å². The summed E-state index contributed by atoms with van der Waals surface area (Å²) in [5.74, 6) is 1.04. The minimum atomic E-state index is 0.00492. The van der Waals surface area contributed by atoms with Gasteiger partial charge in [0.05, 0.1) is 18.8 Å². The van der Waals surface area contributed by atoms with Crippen molar-refractivity contribution >= 4 is 11.9 Å². The van der Waals surface area contributed by atoms with Gasteiger partial charge in [-0.1, -0.05) is 54.6 Å². The van der Waals surface area contributed by atoms with E-state index in [0.717, 1.165) is 29.5 Å². The molecule has 1 fully saturated rings. The van der Waals surface area contributed by atoms with Crippen molar-refractivity contribution in [3.8, 4) is 17.0 Å². The van der Waals surface area contributed by atoms with Crippen molar-refractivity contribution in [3.63, 3.8) is 0 Å². The first kappa shape index (κ1) is 24.1. The zero-order valence-electron chi connectivity index (χ0n) is 21.1. The molecule has 1 amide bonds. The summed E-state index contributed by atoms with van der Waals surface area (Å²) in [5, 5.41) is 8.07. The Labute approximate surface area is 221 Å². The molecule has 0 bridgehead atoms. The van der Waals surface area contributed by atoms with E-state index in [0.29, 0.717) is 44.7 Å². The highest BCUT2D eigenvalue weighted by Gasteiger charge is 2.22.